The van der Waals surface area contributed by atoms with E-state index in [2.05, 4.69) is 10.6 Å². The van der Waals surface area contributed by atoms with Crippen molar-refractivity contribution in [1.29, 1.82) is 0 Å². The normalized spacial score (nSPS) is 15.0. The van der Waals surface area contributed by atoms with Crippen LogP contribution in [-0.2, 0) is 21.4 Å². The van der Waals surface area contributed by atoms with E-state index in [0.717, 1.165) is 24.0 Å². The van der Waals surface area contributed by atoms with Gasteiger partial charge in [-0.3, -0.25) is 9.59 Å². The van der Waals surface area contributed by atoms with Crippen molar-refractivity contribution in [1.82, 2.24) is 5.32 Å². The van der Waals surface area contributed by atoms with Crippen molar-refractivity contribution in [2.45, 2.75) is 44.1 Å². The fourth-order valence-electron chi connectivity index (χ4n) is 3.14. The summed E-state index contributed by atoms with van der Waals surface area (Å²) in [6.07, 6.45) is 1.67. The average Bonchev–Trinajstić information content (AvgIpc) is 3.45. The minimum atomic E-state index is -0.663. The molecule has 5 nitrogen and oxygen atoms in total. The number of nitrogens with one attached hydrogen (secondary N) is 2. The van der Waals surface area contributed by atoms with Crippen LogP contribution >= 0.6 is 0 Å². The highest BCUT2D eigenvalue weighted by Crippen LogP contribution is 2.49. The Morgan fingerprint density at radius 2 is 1.68 bits per heavy atom. The van der Waals surface area contributed by atoms with Crippen LogP contribution in [0, 0.1) is 5.82 Å². The van der Waals surface area contributed by atoms with E-state index < -0.39 is 11.0 Å². The SMILES string of the molecule is CC(C)(CO)NC(=O)Cc1ccc(NC(=O)C2(c3ccc(F)cc3)CC2)cc1. The van der Waals surface area contributed by atoms with E-state index in [0.29, 0.717) is 5.69 Å². The Morgan fingerprint density at radius 1 is 1.07 bits per heavy atom. The molecule has 0 bridgehead atoms. The van der Waals surface area contributed by atoms with Gasteiger partial charge in [0.2, 0.25) is 11.8 Å². The molecule has 3 rings (SSSR count). The number of halogens is 1. The topological polar surface area (TPSA) is 78.4 Å². The molecule has 0 unspecified atom stereocenters. The first-order valence-corrected chi connectivity index (χ1v) is 9.32. The fraction of sp³-hybridized carbons (Fsp3) is 0.364. The highest BCUT2D eigenvalue weighted by atomic mass is 19.1. The number of aliphatic hydroxyl groups excluding tert-OH is 1. The van der Waals surface area contributed by atoms with Gasteiger partial charge in [-0.15, -0.1) is 0 Å². The predicted molar refractivity (Wildman–Crippen MR) is 105 cm³/mol. The molecule has 0 aliphatic heterocycles. The second kappa shape index (κ2) is 7.72. The molecule has 3 N–H and O–H groups in total. The maximum Gasteiger partial charge on any atom is 0.235 e. The molecule has 2 amide bonds. The Bertz CT molecular complexity index is 856. The molecule has 0 radical (unpaired) electrons. The van der Waals surface area contributed by atoms with E-state index >= 15 is 0 Å². The smallest absolute Gasteiger partial charge is 0.235 e. The lowest BCUT2D eigenvalue weighted by Gasteiger charge is -2.23. The fourth-order valence-corrected chi connectivity index (χ4v) is 3.14. The van der Waals surface area contributed by atoms with E-state index in [9.17, 15) is 19.1 Å². The Hall–Kier alpha value is -2.73. The number of hydrogen-bond donors (Lipinski definition) is 3. The van der Waals surface area contributed by atoms with Crippen LogP contribution in [-0.4, -0.2) is 29.1 Å². The summed E-state index contributed by atoms with van der Waals surface area (Å²) < 4.78 is 13.1. The number of aliphatic hydroxyl groups is 1. The second-order valence-electron chi connectivity index (χ2n) is 8.01. The minimum absolute atomic E-state index is 0.103. The molecule has 0 atom stereocenters. The Balaban J connectivity index is 1.61. The molecule has 2 aromatic rings. The average molecular weight is 384 g/mol. The first kappa shape index (κ1) is 20.0. The van der Waals surface area contributed by atoms with Gasteiger partial charge in [-0.2, -0.15) is 0 Å². The van der Waals surface area contributed by atoms with Gasteiger partial charge < -0.3 is 15.7 Å². The van der Waals surface area contributed by atoms with Crippen molar-refractivity contribution in [2.24, 2.45) is 0 Å². The monoisotopic (exact) mass is 384 g/mol. The summed E-state index contributed by atoms with van der Waals surface area (Å²) in [5.41, 5.74) is 1.04. The van der Waals surface area contributed by atoms with Crippen molar-refractivity contribution < 1.29 is 19.1 Å². The van der Waals surface area contributed by atoms with Crippen molar-refractivity contribution in [3.63, 3.8) is 0 Å². The first-order valence-electron chi connectivity index (χ1n) is 9.32. The number of anilines is 1. The van der Waals surface area contributed by atoms with Crippen LogP contribution in [0.25, 0.3) is 0 Å². The first-order chi connectivity index (χ1) is 13.2. The Kier molecular flexibility index (Phi) is 5.52. The zero-order valence-electron chi connectivity index (χ0n) is 16.1. The molecule has 28 heavy (non-hydrogen) atoms. The number of hydrogen-bond acceptors (Lipinski definition) is 3. The lowest BCUT2D eigenvalue weighted by molar-refractivity contribution is -0.122. The van der Waals surface area contributed by atoms with Crippen LogP contribution in [0.3, 0.4) is 0 Å². The predicted octanol–water partition coefficient (Wildman–Crippen LogP) is 2.93. The highest BCUT2D eigenvalue weighted by molar-refractivity contribution is 6.01. The van der Waals surface area contributed by atoms with Crippen LogP contribution < -0.4 is 10.6 Å². The van der Waals surface area contributed by atoms with Crippen molar-refractivity contribution >= 4 is 17.5 Å². The quantitative estimate of drug-likeness (QED) is 0.687. The zero-order valence-corrected chi connectivity index (χ0v) is 16.1. The minimum Gasteiger partial charge on any atom is -0.394 e. The van der Waals surface area contributed by atoms with E-state index in [4.69, 9.17) is 0 Å². The van der Waals surface area contributed by atoms with E-state index in [-0.39, 0.29) is 30.7 Å². The third-order valence-corrected chi connectivity index (χ3v) is 5.03. The molecule has 1 aliphatic carbocycles. The maximum absolute atomic E-state index is 13.1. The largest absolute Gasteiger partial charge is 0.394 e. The van der Waals surface area contributed by atoms with Gasteiger partial charge in [0.1, 0.15) is 5.82 Å². The van der Waals surface area contributed by atoms with E-state index in [1.54, 1.807) is 50.2 Å². The Morgan fingerprint density at radius 3 is 2.21 bits per heavy atom. The standard InChI is InChI=1S/C22H25FN2O3/c1-21(2,14-26)25-19(27)13-15-3-9-18(10-4-15)24-20(28)22(11-12-22)16-5-7-17(23)8-6-16/h3-10,26H,11-14H2,1-2H3,(H,24,28)(H,25,27). The number of benzene rings is 2. The van der Waals surface area contributed by atoms with Crippen LogP contribution in [0.4, 0.5) is 10.1 Å². The second-order valence-corrected chi connectivity index (χ2v) is 8.01. The maximum atomic E-state index is 13.1. The molecule has 148 valence electrons. The Labute approximate surface area is 164 Å². The van der Waals surface area contributed by atoms with Gasteiger partial charge in [-0.1, -0.05) is 24.3 Å². The van der Waals surface area contributed by atoms with E-state index in [1.807, 2.05) is 0 Å². The summed E-state index contributed by atoms with van der Waals surface area (Å²) in [6, 6.07) is 13.2. The summed E-state index contributed by atoms with van der Waals surface area (Å²) in [5.74, 6) is -0.597. The molecule has 1 aliphatic rings. The molecular weight excluding hydrogens is 359 g/mol. The highest BCUT2D eigenvalue weighted by Gasteiger charge is 2.51. The van der Waals surface area contributed by atoms with Gasteiger partial charge in [-0.25, -0.2) is 4.39 Å². The number of amides is 2. The van der Waals surface area contributed by atoms with Crippen LogP contribution in [0.5, 0.6) is 0 Å². The molecule has 0 heterocycles. The van der Waals surface area contributed by atoms with Gasteiger partial charge in [0.25, 0.3) is 0 Å². The molecule has 2 aromatic carbocycles. The molecule has 1 fully saturated rings. The lowest BCUT2D eigenvalue weighted by atomic mass is 9.95. The van der Waals surface area contributed by atoms with Crippen LogP contribution in [0.15, 0.2) is 48.5 Å². The third kappa shape index (κ3) is 4.57. The lowest BCUT2D eigenvalue weighted by Crippen LogP contribution is -2.46. The molecule has 0 spiro atoms. The molecule has 0 aromatic heterocycles. The van der Waals surface area contributed by atoms with Gasteiger partial charge in [-0.05, 0) is 62.1 Å². The van der Waals surface area contributed by atoms with Crippen molar-refractivity contribution in [3.8, 4) is 0 Å². The van der Waals surface area contributed by atoms with Gasteiger partial charge in [0.15, 0.2) is 0 Å². The van der Waals surface area contributed by atoms with Gasteiger partial charge >= 0.3 is 0 Å². The summed E-state index contributed by atoms with van der Waals surface area (Å²) in [6.45, 7) is 3.36. The number of carbonyl (C=O) groups excluding carboxylic acids is 2. The summed E-state index contributed by atoms with van der Waals surface area (Å²) >= 11 is 0. The zero-order chi connectivity index (χ0) is 20.4. The molecule has 6 heteroatoms. The number of rotatable bonds is 7. The third-order valence-electron chi connectivity index (χ3n) is 5.03. The van der Waals surface area contributed by atoms with Gasteiger partial charge in [0, 0.05) is 5.69 Å². The van der Waals surface area contributed by atoms with E-state index in [1.165, 1.54) is 12.1 Å². The number of carbonyl (C=O) groups is 2. The van der Waals surface area contributed by atoms with Crippen molar-refractivity contribution in [2.75, 3.05) is 11.9 Å². The van der Waals surface area contributed by atoms with Crippen LogP contribution in [0.2, 0.25) is 0 Å². The summed E-state index contributed by atoms with van der Waals surface area (Å²) in [7, 11) is 0. The molecular formula is C22H25FN2O3. The summed E-state index contributed by atoms with van der Waals surface area (Å²) in [5, 5.41) is 14.9. The summed E-state index contributed by atoms with van der Waals surface area (Å²) in [4.78, 5) is 24.8. The van der Waals surface area contributed by atoms with Gasteiger partial charge in [0.05, 0.1) is 24.0 Å². The van der Waals surface area contributed by atoms with Crippen molar-refractivity contribution in [3.05, 3.63) is 65.5 Å². The molecule has 1 saturated carbocycles. The molecule has 0 saturated heterocycles. The van der Waals surface area contributed by atoms with Crippen LogP contribution in [0.1, 0.15) is 37.8 Å².